The largest absolute Gasteiger partial charge is 0.417 e. The van der Waals surface area contributed by atoms with Gasteiger partial charge in [-0.1, -0.05) is 13.8 Å². The zero-order chi connectivity index (χ0) is 15.3. The SMILES string of the molecule is CC1(C)CCCNC1c1nnc2ccc(C(F)(F)F)cn12. The Bertz CT molecular complexity index is 660. The summed E-state index contributed by atoms with van der Waals surface area (Å²) in [6.07, 6.45) is -1.24. The number of fused-ring (bicyclic) bond motifs is 1. The minimum absolute atomic E-state index is 0.0740. The second-order valence-electron chi connectivity index (χ2n) is 6.18. The molecule has 2 aromatic rings. The number of halogens is 3. The van der Waals surface area contributed by atoms with Gasteiger partial charge in [-0.05, 0) is 36.9 Å². The van der Waals surface area contributed by atoms with Gasteiger partial charge >= 0.3 is 6.18 Å². The predicted molar refractivity (Wildman–Crippen MR) is 71.7 cm³/mol. The fourth-order valence-electron chi connectivity index (χ4n) is 2.92. The number of aromatic nitrogens is 3. The van der Waals surface area contributed by atoms with Gasteiger partial charge in [0.2, 0.25) is 0 Å². The summed E-state index contributed by atoms with van der Waals surface area (Å²) in [4.78, 5) is 0. The smallest absolute Gasteiger partial charge is 0.307 e. The molecule has 1 unspecified atom stereocenters. The molecule has 1 aliphatic rings. The molecule has 1 N–H and O–H groups in total. The Balaban J connectivity index is 2.10. The van der Waals surface area contributed by atoms with Gasteiger partial charge in [0.1, 0.15) is 0 Å². The van der Waals surface area contributed by atoms with Crippen LogP contribution in [0, 0.1) is 5.41 Å². The maximum Gasteiger partial charge on any atom is 0.417 e. The van der Waals surface area contributed by atoms with E-state index in [9.17, 15) is 13.2 Å². The first-order valence-corrected chi connectivity index (χ1v) is 6.94. The van der Waals surface area contributed by atoms with Crippen molar-refractivity contribution in [2.45, 2.75) is 38.9 Å². The summed E-state index contributed by atoms with van der Waals surface area (Å²) in [6, 6.07) is 2.28. The van der Waals surface area contributed by atoms with Crippen LogP contribution in [-0.2, 0) is 6.18 Å². The fourth-order valence-corrected chi connectivity index (χ4v) is 2.92. The van der Waals surface area contributed by atoms with E-state index in [2.05, 4.69) is 29.4 Å². The van der Waals surface area contributed by atoms with Crippen molar-refractivity contribution < 1.29 is 13.2 Å². The Hall–Kier alpha value is -1.63. The van der Waals surface area contributed by atoms with Crippen LogP contribution >= 0.6 is 0 Å². The lowest BCUT2D eigenvalue weighted by atomic mass is 9.77. The maximum atomic E-state index is 12.9. The topological polar surface area (TPSA) is 42.2 Å². The summed E-state index contributed by atoms with van der Waals surface area (Å²) >= 11 is 0. The first-order valence-electron chi connectivity index (χ1n) is 6.94. The van der Waals surface area contributed by atoms with Gasteiger partial charge in [-0.2, -0.15) is 13.2 Å². The Labute approximate surface area is 120 Å². The van der Waals surface area contributed by atoms with Gasteiger partial charge in [0.05, 0.1) is 11.6 Å². The van der Waals surface area contributed by atoms with Gasteiger partial charge in [-0.3, -0.25) is 4.40 Å². The van der Waals surface area contributed by atoms with Crippen molar-refractivity contribution in [3.63, 3.8) is 0 Å². The quantitative estimate of drug-likeness (QED) is 0.879. The van der Waals surface area contributed by atoms with Crippen molar-refractivity contribution in [1.29, 1.82) is 0 Å². The van der Waals surface area contributed by atoms with Gasteiger partial charge in [0, 0.05) is 6.20 Å². The Morgan fingerprint density at radius 1 is 1.29 bits per heavy atom. The molecule has 0 saturated carbocycles. The molecule has 3 heterocycles. The highest BCUT2D eigenvalue weighted by Gasteiger charge is 2.37. The molecule has 0 spiro atoms. The molecule has 114 valence electrons. The second kappa shape index (κ2) is 4.69. The molecule has 2 aromatic heterocycles. The zero-order valence-electron chi connectivity index (χ0n) is 11.9. The monoisotopic (exact) mass is 298 g/mol. The van der Waals surface area contributed by atoms with Crippen LogP contribution in [0.4, 0.5) is 13.2 Å². The molecule has 0 bridgehead atoms. The highest BCUT2D eigenvalue weighted by molar-refractivity contribution is 5.40. The lowest BCUT2D eigenvalue weighted by molar-refractivity contribution is -0.137. The number of piperidine rings is 1. The fraction of sp³-hybridized carbons (Fsp3) is 0.571. The van der Waals surface area contributed by atoms with E-state index in [1.807, 2.05) is 0 Å². The van der Waals surface area contributed by atoms with E-state index in [0.717, 1.165) is 31.6 Å². The molecule has 21 heavy (non-hydrogen) atoms. The Morgan fingerprint density at radius 2 is 2.05 bits per heavy atom. The molecule has 7 heteroatoms. The zero-order valence-corrected chi connectivity index (χ0v) is 11.9. The first-order chi connectivity index (χ1) is 9.79. The molecule has 3 rings (SSSR count). The van der Waals surface area contributed by atoms with Crippen LogP contribution in [0.15, 0.2) is 18.3 Å². The number of alkyl halides is 3. The lowest BCUT2D eigenvalue weighted by Crippen LogP contribution is -2.40. The molecule has 4 nitrogen and oxygen atoms in total. The lowest BCUT2D eigenvalue weighted by Gasteiger charge is -2.38. The summed E-state index contributed by atoms with van der Waals surface area (Å²) < 4.78 is 40.1. The third kappa shape index (κ3) is 2.50. The molecule has 0 amide bonds. The third-order valence-corrected chi connectivity index (χ3v) is 4.14. The normalized spacial score (nSPS) is 22.6. The van der Waals surface area contributed by atoms with Crippen LogP contribution in [0.1, 0.15) is 44.1 Å². The Morgan fingerprint density at radius 3 is 2.71 bits per heavy atom. The van der Waals surface area contributed by atoms with E-state index in [0.29, 0.717) is 11.5 Å². The molecule has 0 aliphatic carbocycles. The second-order valence-corrected chi connectivity index (χ2v) is 6.18. The molecule has 0 radical (unpaired) electrons. The number of pyridine rings is 1. The van der Waals surface area contributed by atoms with E-state index in [4.69, 9.17) is 0 Å². The van der Waals surface area contributed by atoms with Crippen molar-refractivity contribution in [3.05, 3.63) is 29.7 Å². The van der Waals surface area contributed by atoms with E-state index in [1.165, 1.54) is 10.5 Å². The average molecular weight is 298 g/mol. The van der Waals surface area contributed by atoms with Crippen LogP contribution in [0.3, 0.4) is 0 Å². The summed E-state index contributed by atoms with van der Waals surface area (Å²) in [7, 11) is 0. The van der Waals surface area contributed by atoms with Gasteiger partial charge in [-0.25, -0.2) is 0 Å². The van der Waals surface area contributed by atoms with Crippen LogP contribution in [0.5, 0.6) is 0 Å². The number of rotatable bonds is 1. The van der Waals surface area contributed by atoms with Crippen LogP contribution in [0.2, 0.25) is 0 Å². The van der Waals surface area contributed by atoms with Gasteiger partial charge in [0.25, 0.3) is 0 Å². The summed E-state index contributed by atoms with van der Waals surface area (Å²) in [6.45, 7) is 5.03. The Kier molecular flexibility index (Phi) is 3.20. The number of hydrogen-bond acceptors (Lipinski definition) is 3. The van der Waals surface area contributed by atoms with Crippen LogP contribution in [0.25, 0.3) is 5.65 Å². The van der Waals surface area contributed by atoms with E-state index in [1.54, 1.807) is 0 Å². The van der Waals surface area contributed by atoms with Crippen molar-refractivity contribution >= 4 is 5.65 Å². The third-order valence-electron chi connectivity index (χ3n) is 4.14. The molecule has 1 fully saturated rings. The first kappa shape index (κ1) is 14.3. The summed E-state index contributed by atoms with van der Waals surface area (Å²) in [5.41, 5.74) is -0.332. The maximum absolute atomic E-state index is 12.9. The molecule has 0 aromatic carbocycles. The van der Waals surface area contributed by atoms with Gasteiger partial charge in [0.15, 0.2) is 11.5 Å². The molecule has 1 saturated heterocycles. The molecular formula is C14H17F3N4. The van der Waals surface area contributed by atoms with Crippen molar-refractivity contribution in [2.24, 2.45) is 5.41 Å². The van der Waals surface area contributed by atoms with Crippen molar-refractivity contribution in [1.82, 2.24) is 19.9 Å². The number of hydrogen-bond donors (Lipinski definition) is 1. The van der Waals surface area contributed by atoms with Gasteiger partial charge < -0.3 is 5.32 Å². The van der Waals surface area contributed by atoms with Crippen molar-refractivity contribution in [3.8, 4) is 0 Å². The minimum atomic E-state index is -4.37. The molecule has 1 atom stereocenters. The van der Waals surface area contributed by atoms with Crippen LogP contribution in [-0.4, -0.2) is 21.1 Å². The van der Waals surface area contributed by atoms with Gasteiger partial charge in [-0.15, -0.1) is 10.2 Å². The van der Waals surface area contributed by atoms with E-state index < -0.39 is 11.7 Å². The highest BCUT2D eigenvalue weighted by Crippen LogP contribution is 2.39. The highest BCUT2D eigenvalue weighted by atomic mass is 19.4. The standard InChI is InChI=1S/C14H17F3N4/c1-13(2)6-3-7-18-11(13)12-20-19-10-5-4-9(8-21(10)12)14(15,16)17/h4-5,8,11,18H,3,6-7H2,1-2H3. The molecule has 1 aliphatic heterocycles. The molecular weight excluding hydrogens is 281 g/mol. The summed E-state index contributed by atoms with van der Waals surface area (Å²) in [5, 5.41) is 11.5. The average Bonchev–Trinajstić information content (AvgIpc) is 2.80. The summed E-state index contributed by atoms with van der Waals surface area (Å²) in [5.74, 6) is 0.542. The number of nitrogens with zero attached hydrogens (tertiary/aromatic N) is 3. The van der Waals surface area contributed by atoms with E-state index >= 15 is 0 Å². The minimum Gasteiger partial charge on any atom is -0.307 e. The van der Waals surface area contributed by atoms with Crippen molar-refractivity contribution in [2.75, 3.05) is 6.54 Å². The van der Waals surface area contributed by atoms with E-state index in [-0.39, 0.29) is 11.5 Å². The van der Waals surface area contributed by atoms with Crippen LogP contribution < -0.4 is 5.32 Å². The number of nitrogens with one attached hydrogen (secondary N) is 1. The predicted octanol–water partition coefficient (Wildman–Crippen LogP) is 3.20.